The van der Waals surface area contributed by atoms with Crippen molar-refractivity contribution in [2.75, 3.05) is 51.3 Å². The number of anilines is 1. The van der Waals surface area contributed by atoms with Gasteiger partial charge in [-0.3, -0.25) is 9.79 Å². The first-order valence-electron chi connectivity index (χ1n) is 10.9. The average Bonchev–Trinajstić information content (AvgIpc) is 2.83. The Morgan fingerprint density at radius 1 is 1.00 bits per heavy atom. The van der Waals surface area contributed by atoms with Gasteiger partial charge < -0.3 is 25.2 Å². The maximum atomic E-state index is 12.6. The minimum atomic E-state index is 0.178. The van der Waals surface area contributed by atoms with Crippen molar-refractivity contribution in [1.29, 1.82) is 0 Å². The van der Waals surface area contributed by atoms with Crippen LogP contribution in [-0.4, -0.2) is 63.1 Å². The first-order valence-corrected chi connectivity index (χ1v) is 10.9. The van der Waals surface area contributed by atoms with E-state index >= 15 is 0 Å². The Labute approximate surface area is 185 Å². The summed E-state index contributed by atoms with van der Waals surface area (Å²) in [6, 6.07) is 18.3. The summed E-state index contributed by atoms with van der Waals surface area (Å²) in [6.45, 7) is 7.01. The van der Waals surface area contributed by atoms with Gasteiger partial charge in [-0.15, -0.1) is 0 Å². The number of nitrogens with zero attached hydrogens (tertiary/aromatic N) is 3. The molecule has 0 unspecified atom stereocenters. The zero-order chi connectivity index (χ0) is 21.9. The molecule has 1 saturated heterocycles. The molecule has 0 saturated carbocycles. The van der Waals surface area contributed by atoms with E-state index in [1.807, 2.05) is 42.2 Å². The third-order valence-electron chi connectivity index (χ3n) is 5.33. The fraction of sp³-hybridized carbons (Fsp3) is 0.417. The lowest BCUT2D eigenvalue weighted by atomic mass is 10.2. The van der Waals surface area contributed by atoms with Gasteiger partial charge in [-0.1, -0.05) is 36.4 Å². The Bertz CT molecular complexity index is 848. The van der Waals surface area contributed by atoms with Gasteiger partial charge >= 0.3 is 0 Å². The largest absolute Gasteiger partial charge is 0.494 e. The number of piperazine rings is 1. The van der Waals surface area contributed by atoms with Crippen LogP contribution in [0.25, 0.3) is 0 Å². The normalized spacial score (nSPS) is 14.3. The van der Waals surface area contributed by atoms with Crippen LogP contribution < -0.4 is 20.3 Å². The first kappa shape index (κ1) is 22.5. The highest BCUT2D eigenvalue weighted by atomic mass is 16.5. The number of rotatable bonds is 8. The van der Waals surface area contributed by atoms with Gasteiger partial charge in [-0.05, 0) is 25.1 Å². The first-order chi connectivity index (χ1) is 15.2. The Hall–Kier alpha value is -3.22. The van der Waals surface area contributed by atoms with Crippen molar-refractivity contribution in [2.24, 2.45) is 4.99 Å². The van der Waals surface area contributed by atoms with E-state index in [-0.39, 0.29) is 5.91 Å². The van der Waals surface area contributed by atoms with Crippen molar-refractivity contribution in [2.45, 2.75) is 19.9 Å². The number of aliphatic imine (C=N–C) groups is 1. The minimum Gasteiger partial charge on any atom is -0.494 e. The topological polar surface area (TPSA) is 69.2 Å². The molecule has 0 radical (unpaired) electrons. The summed E-state index contributed by atoms with van der Waals surface area (Å²) in [7, 11) is 1.73. The maximum absolute atomic E-state index is 12.6. The predicted octanol–water partition coefficient (Wildman–Crippen LogP) is 2.49. The second-order valence-electron chi connectivity index (χ2n) is 7.35. The van der Waals surface area contributed by atoms with Crippen LogP contribution in [0.2, 0.25) is 0 Å². The molecule has 31 heavy (non-hydrogen) atoms. The Kier molecular flexibility index (Phi) is 8.58. The molecule has 2 N–H and O–H groups in total. The van der Waals surface area contributed by atoms with E-state index in [9.17, 15) is 4.79 Å². The number of para-hydroxylation sites is 2. The van der Waals surface area contributed by atoms with E-state index in [1.165, 1.54) is 5.69 Å². The van der Waals surface area contributed by atoms with Gasteiger partial charge in [0.2, 0.25) is 5.91 Å². The molecule has 166 valence electrons. The molecule has 2 aromatic carbocycles. The van der Waals surface area contributed by atoms with Crippen LogP contribution >= 0.6 is 0 Å². The summed E-state index contributed by atoms with van der Waals surface area (Å²) in [5.74, 6) is 1.73. The molecular weight excluding hydrogens is 390 g/mol. The lowest BCUT2D eigenvalue weighted by Crippen LogP contribution is -2.49. The molecule has 1 amide bonds. The van der Waals surface area contributed by atoms with Crippen molar-refractivity contribution in [1.82, 2.24) is 15.5 Å². The molecular formula is C24H33N5O2. The number of hydrogen-bond donors (Lipinski definition) is 2. The highest BCUT2D eigenvalue weighted by Gasteiger charge is 2.20. The van der Waals surface area contributed by atoms with Gasteiger partial charge in [0, 0.05) is 64.0 Å². The van der Waals surface area contributed by atoms with Crippen molar-refractivity contribution in [3.8, 4) is 5.75 Å². The van der Waals surface area contributed by atoms with E-state index in [0.29, 0.717) is 32.1 Å². The molecule has 0 atom stereocenters. The molecule has 0 aliphatic carbocycles. The number of amides is 1. The van der Waals surface area contributed by atoms with Crippen molar-refractivity contribution < 1.29 is 9.53 Å². The number of hydrogen-bond acceptors (Lipinski definition) is 4. The van der Waals surface area contributed by atoms with Crippen LogP contribution in [0.15, 0.2) is 59.6 Å². The summed E-state index contributed by atoms with van der Waals surface area (Å²) in [6.07, 6.45) is 0.446. The quantitative estimate of drug-likeness (QED) is 0.504. The number of ether oxygens (including phenoxy) is 1. The number of nitrogens with one attached hydrogen (secondary N) is 2. The summed E-state index contributed by atoms with van der Waals surface area (Å²) >= 11 is 0. The van der Waals surface area contributed by atoms with Crippen LogP contribution in [0.4, 0.5) is 5.69 Å². The Balaban J connectivity index is 1.38. The predicted molar refractivity (Wildman–Crippen MR) is 126 cm³/mol. The molecule has 0 bridgehead atoms. The maximum Gasteiger partial charge on any atom is 0.224 e. The molecule has 7 heteroatoms. The van der Waals surface area contributed by atoms with E-state index in [2.05, 4.69) is 44.8 Å². The fourth-order valence-electron chi connectivity index (χ4n) is 3.64. The van der Waals surface area contributed by atoms with Crippen LogP contribution in [0.3, 0.4) is 0 Å². The number of carbonyl (C=O) groups excluding carboxylic acids is 1. The lowest BCUT2D eigenvalue weighted by Gasteiger charge is -2.36. The molecule has 1 fully saturated rings. The average molecular weight is 424 g/mol. The molecule has 0 aromatic heterocycles. The minimum absolute atomic E-state index is 0.178. The third-order valence-corrected chi connectivity index (χ3v) is 5.33. The van der Waals surface area contributed by atoms with Crippen molar-refractivity contribution in [3.05, 3.63) is 60.2 Å². The van der Waals surface area contributed by atoms with E-state index < -0.39 is 0 Å². The molecule has 7 nitrogen and oxygen atoms in total. The Morgan fingerprint density at radius 2 is 1.71 bits per heavy atom. The highest BCUT2D eigenvalue weighted by molar-refractivity contribution is 5.81. The SMILES string of the molecule is CCOc1ccccc1CNC(=NC)NCCC(=O)N1CCN(c2ccccc2)CC1. The second kappa shape index (κ2) is 11.8. The van der Waals surface area contributed by atoms with Gasteiger partial charge in [-0.2, -0.15) is 0 Å². The van der Waals surface area contributed by atoms with Crippen LogP contribution in [0.5, 0.6) is 5.75 Å². The molecule has 1 aliphatic rings. The van der Waals surface area contributed by atoms with Crippen LogP contribution in [-0.2, 0) is 11.3 Å². The molecule has 1 aliphatic heterocycles. The summed E-state index contributed by atoms with van der Waals surface area (Å²) in [5.41, 5.74) is 2.29. The summed E-state index contributed by atoms with van der Waals surface area (Å²) in [4.78, 5) is 21.1. The number of carbonyl (C=O) groups is 1. The van der Waals surface area contributed by atoms with E-state index in [4.69, 9.17) is 4.74 Å². The number of guanidine groups is 1. The van der Waals surface area contributed by atoms with Gasteiger partial charge in [0.05, 0.1) is 6.61 Å². The molecule has 1 heterocycles. The molecule has 2 aromatic rings. The monoisotopic (exact) mass is 423 g/mol. The molecule has 3 rings (SSSR count). The van der Waals surface area contributed by atoms with Crippen molar-refractivity contribution >= 4 is 17.6 Å². The van der Waals surface area contributed by atoms with Gasteiger partial charge in [0.25, 0.3) is 0 Å². The fourth-order valence-corrected chi connectivity index (χ4v) is 3.64. The third kappa shape index (κ3) is 6.64. The van der Waals surface area contributed by atoms with Gasteiger partial charge in [0.15, 0.2) is 5.96 Å². The smallest absolute Gasteiger partial charge is 0.224 e. The standard InChI is InChI=1S/C24H33N5O2/c1-3-31-22-12-8-7-9-20(22)19-27-24(25-2)26-14-13-23(30)29-17-15-28(16-18-29)21-10-5-4-6-11-21/h4-12H,3,13-19H2,1-2H3,(H2,25,26,27). The second-order valence-corrected chi connectivity index (χ2v) is 7.35. The van der Waals surface area contributed by atoms with Gasteiger partial charge in [0.1, 0.15) is 5.75 Å². The van der Waals surface area contributed by atoms with Crippen LogP contribution in [0.1, 0.15) is 18.9 Å². The summed E-state index contributed by atoms with van der Waals surface area (Å²) in [5, 5.41) is 6.52. The van der Waals surface area contributed by atoms with E-state index in [1.54, 1.807) is 7.05 Å². The van der Waals surface area contributed by atoms with Crippen molar-refractivity contribution in [3.63, 3.8) is 0 Å². The van der Waals surface area contributed by atoms with Gasteiger partial charge in [-0.25, -0.2) is 0 Å². The number of benzene rings is 2. The van der Waals surface area contributed by atoms with Crippen LogP contribution in [0, 0.1) is 0 Å². The summed E-state index contributed by atoms with van der Waals surface area (Å²) < 4.78 is 5.66. The van der Waals surface area contributed by atoms with E-state index in [0.717, 1.165) is 37.5 Å². The Morgan fingerprint density at radius 3 is 2.42 bits per heavy atom. The lowest BCUT2D eigenvalue weighted by molar-refractivity contribution is -0.131. The highest BCUT2D eigenvalue weighted by Crippen LogP contribution is 2.17. The zero-order valence-electron chi connectivity index (χ0n) is 18.5. The zero-order valence-corrected chi connectivity index (χ0v) is 18.5. The molecule has 0 spiro atoms.